The number of nitrogens with one attached hydrogen (secondary N) is 2. The van der Waals surface area contributed by atoms with E-state index in [-0.39, 0.29) is 50.5 Å². The summed E-state index contributed by atoms with van der Waals surface area (Å²) in [5.74, 6) is -2.28. The Morgan fingerprint density at radius 2 is 1.76 bits per heavy atom. The topological polar surface area (TPSA) is 164 Å². The average molecular weight is 834 g/mol. The lowest BCUT2D eigenvalue weighted by atomic mass is 9.77. The molecule has 58 heavy (non-hydrogen) atoms. The van der Waals surface area contributed by atoms with Crippen LogP contribution < -0.4 is 19.5 Å². The number of ether oxygens (including phenoxy) is 2. The Hall–Kier alpha value is -4.69. The molecule has 1 unspecified atom stereocenters. The Labute approximate surface area is 344 Å². The van der Waals surface area contributed by atoms with Crippen molar-refractivity contribution in [1.82, 2.24) is 24.8 Å². The molecule has 2 saturated heterocycles. The lowest BCUT2D eigenvalue weighted by molar-refractivity contribution is -0.148. The van der Waals surface area contributed by atoms with Gasteiger partial charge in [0.15, 0.2) is 4.21 Å². The summed E-state index contributed by atoms with van der Waals surface area (Å²) in [6.07, 6.45) is 4.20. The molecule has 3 heterocycles. The highest BCUT2D eigenvalue weighted by atomic mass is 35.5. The number of piperidine rings is 1. The molecular weight excluding hydrogens is 782 g/mol. The van der Waals surface area contributed by atoms with E-state index in [4.69, 9.17) is 26.1 Å². The van der Waals surface area contributed by atoms with Crippen LogP contribution in [-0.4, -0.2) is 95.5 Å². The predicted octanol–water partition coefficient (Wildman–Crippen LogP) is 5.56. The average Bonchev–Trinajstić information content (AvgIpc) is 4.10. The number of carbonyl (C=O) groups is 4. The number of rotatable bonds is 13. The number of benzene rings is 2. The fourth-order valence-corrected chi connectivity index (χ4v) is 9.59. The van der Waals surface area contributed by atoms with E-state index in [1.165, 1.54) is 11.0 Å². The van der Waals surface area contributed by atoms with Gasteiger partial charge < -0.3 is 24.6 Å². The van der Waals surface area contributed by atoms with E-state index in [9.17, 15) is 27.6 Å². The number of amides is 4. The van der Waals surface area contributed by atoms with Crippen molar-refractivity contribution in [2.75, 3.05) is 26.7 Å². The fourth-order valence-electron chi connectivity index (χ4n) is 8.13. The maximum atomic E-state index is 14.9. The summed E-state index contributed by atoms with van der Waals surface area (Å²) < 4.78 is 38.8. The maximum Gasteiger partial charge on any atom is 0.259 e. The summed E-state index contributed by atoms with van der Waals surface area (Å²) in [6.45, 7) is 10.8. The summed E-state index contributed by atoms with van der Waals surface area (Å²) in [5, 5.41) is 3.54. The largest absolute Gasteiger partial charge is 0.497 e. The normalized spacial score (nSPS) is 24.4. The number of hydrogen-bond donors (Lipinski definition) is 2. The third-order valence-electron chi connectivity index (χ3n) is 12.0. The van der Waals surface area contributed by atoms with Gasteiger partial charge >= 0.3 is 0 Å². The minimum absolute atomic E-state index is 0.00920. The van der Waals surface area contributed by atoms with E-state index >= 15 is 0 Å². The van der Waals surface area contributed by atoms with Crippen molar-refractivity contribution in [1.29, 1.82) is 0 Å². The molecule has 2 aromatic carbocycles. The van der Waals surface area contributed by atoms with Gasteiger partial charge in [0.2, 0.25) is 17.7 Å². The van der Waals surface area contributed by atoms with Gasteiger partial charge in [0.05, 0.1) is 30.8 Å². The van der Waals surface area contributed by atoms with E-state index in [0.717, 1.165) is 24.8 Å². The number of fused-ring (bicyclic) bond motifs is 1. The summed E-state index contributed by atoms with van der Waals surface area (Å²) in [7, 11) is -2.65. The minimum atomic E-state index is -4.23. The van der Waals surface area contributed by atoms with Gasteiger partial charge in [-0.25, -0.2) is 18.1 Å². The Kier molecular flexibility index (Phi) is 11.3. The molecule has 0 spiro atoms. The molecular formula is C43H52ClN5O8S. The molecule has 4 aliphatic rings. The summed E-state index contributed by atoms with van der Waals surface area (Å²) in [4.78, 5) is 65.0. The molecule has 2 saturated carbocycles. The number of pyridine rings is 1. The van der Waals surface area contributed by atoms with Gasteiger partial charge in [0.25, 0.3) is 15.9 Å². The van der Waals surface area contributed by atoms with Crippen molar-refractivity contribution >= 4 is 56.2 Å². The smallest absolute Gasteiger partial charge is 0.259 e. The summed E-state index contributed by atoms with van der Waals surface area (Å²) in [6, 6.07) is 15.8. The van der Waals surface area contributed by atoms with Crippen LogP contribution in [-0.2, 0) is 29.2 Å². The van der Waals surface area contributed by atoms with Gasteiger partial charge in [-0.1, -0.05) is 68.8 Å². The van der Waals surface area contributed by atoms with Crippen LogP contribution in [0.1, 0.15) is 72.1 Å². The minimum Gasteiger partial charge on any atom is -0.497 e. The first kappa shape index (κ1) is 41.5. The Morgan fingerprint density at radius 1 is 1.05 bits per heavy atom. The molecule has 0 radical (unpaired) electrons. The van der Waals surface area contributed by atoms with Crippen LogP contribution in [0.15, 0.2) is 67.3 Å². The number of halogens is 1. The van der Waals surface area contributed by atoms with E-state index < -0.39 is 61.0 Å². The molecule has 1 aromatic heterocycles. The first-order valence-electron chi connectivity index (χ1n) is 20.0. The van der Waals surface area contributed by atoms with Crippen molar-refractivity contribution in [2.24, 2.45) is 17.3 Å². The number of nitrogens with zero attached hydrogens (tertiary/aromatic N) is 3. The molecule has 4 fully saturated rings. The summed E-state index contributed by atoms with van der Waals surface area (Å²) >= 11 is 6.21. The number of hydrogen-bond acceptors (Lipinski definition) is 9. The number of aromatic nitrogens is 1. The molecule has 2 aliphatic heterocycles. The van der Waals surface area contributed by atoms with Crippen LogP contribution in [0.25, 0.3) is 22.2 Å². The van der Waals surface area contributed by atoms with Crippen molar-refractivity contribution < 1.29 is 37.1 Å². The first-order chi connectivity index (χ1) is 27.5. The molecule has 7 rings (SSSR count). The highest BCUT2D eigenvalue weighted by Crippen LogP contribution is 2.49. The highest BCUT2D eigenvalue weighted by molar-refractivity contribution is 7.93. The van der Waals surface area contributed by atoms with Crippen molar-refractivity contribution in [3.8, 4) is 22.8 Å². The summed E-state index contributed by atoms with van der Waals surface area (Å²) in [5.41, 5.74) is -0.138. The van der Waals surface area contributed by atoms with Crippen LogP contribution in [0, 0.1) is 17.3 Å². The van der Waals surface area contributed by atoms with E-state index in [0.29, 0.717) is 41.2 Å². The fraction of sp³-hybridized carbons (Fsp3) is 0.512. The second-order valence-electron chi connectivity index (χ2n) is 17.1. The lowest BCUT2D eigenvalue weighted by Crippen LogP contribution is -2.57. The van der Waals surface area contributed by atoms with Crippen LogP contribution in [0.4, 0.5) is 0 Å². The second-order valence-corrected chi connectivity index (χ2v) is 20.1. The molecule has 15 heteroatoms. The second kappa shape index (κ2) is 15.8. The molecule has 2 aliphatic carbocycles. The van der Waals surface area contributed by atoms with Crippen LogP contribution in [0.2, 0.25) is 0 Å². The number of sulfonamides is 1. The van der Waals surface area contributed by atoms with Crippen LogP contribution in [0.5, 0.6) is 11.5 Å². The third-order valence-corrected chi connectivity index (χ3v) is 14.8. The maximum absolute atomic E-state index is 14.9. The van der Waals surface area contributed by atoms with Gasteiger partial charge in [0.1, 0.15) is 29.2 Å². The van der Waals surface area contributed by atoms with Gasteiger partial charge in [-0.15, -0.1) is 6.58 Å². The molecule has 2 N–H and O–H groups in total. The SMILES string of the molecule is C=C[C@@H]1C[C@]1(NC(=O)[C@@H]1C[C@@H](Oc2cc(-c3ccccc3)nc3cc(OC)ccc23)CN1C(=O)C(CC(=O)N1CCCCC1)C(C)(C)C)C(=O)NS(=O)(=O)C1(Cl)CC1. The predicted molar refractivity (Wildman–Crippen MR) is 220 cm³/mol. The Balaban J connectivity index is 1.21. The monoisotopic (exact) mass is 833 g/mol. The number of alkyl halides is 1. The van der Waals surface area contributed by atoms with E-state index in [2.05, 4.69) is 16.6 Å². The van der Waals surface area contributed by atoms with Crippen LogP contribution >= 0.6 is 11.6 Å². The number of carbonyl (C=O) groups excluding carboxylic acids is 4. The van der Waals surface area contributed by atoms with Gasteiger partial charge in [-0.2, -0.15) is 0 Å². The van der Waals surface area contributed by atoms with Crippen LogP contribution in [0.3, 0.4) is 0 Å². The molecule has 5 atom stereocenters. The zero-order valence-corrected chi connectivity index (χ0v) is 35.0. The molecule has 310 valence electrons. The van der Waals surface area contributed by atoms with E-state index in [1.54, 1.807) is 13.2 Å². The van der Waals surface area contributed by atoms with Crippen molar-refractivity contribution in [2.45, 2.75) is 94.0 Å². The molecule has 13 nitrogen and oxygen atoms in total. The Bertz CT molecular complexity index is 2220. The lowest BCUT2D eigenvalue weighted by Gasteiger charge is -2.36. The zero-order chi connectivity index (χ0) is 41.6. The van der Waals surface area contributed by atoms with Crippen molar-refractivity contribution in [3.63, 3.8) is 0 Å². The van der Waals surface area contributed by atoms with Gasteiger partial charge in [-0.3, -0.25) is 19.2 Å². The van der Waals surface area contributed by atoms with E-state index in [1.807, 2.05) is 74.2 Å². The molecule has 4 amide bonds. The van der Waals surface area contributed by atoms with Gasteiger partial charge in [0, 0.05) is 54.9 Å². The zero-order valence-electron chi connectivity index (χ0n) is 33.5. The molecule has 3 aromatic rings. The van der Waals surface area contributed by atoms with Gasteiger partial charge in [-0.05, 0) is 56.1 Å². The highest BCUT2D eigenvalue weighted by Gasteiger charge is 2.63. The first-order valence-corrected chi connectivity index (χ1v) is 21.8. The van der Waals surface area contributed by atoms with Crippen molar-refractivity contribution in [3.05, 3.63) is 67.3 Å². The Morgan fingerprint density at radius 3 is 2.38 bits per heavy atom. The number of likely N-dealkylation sites (tertiary alicyclic amines) is 2. The third kappa shape index (κ3) is 8.27. The quantitative estimate of drug-likeness (QED) is 0.166. The standard InChI is InChI=1S/C43H52ClN5O8S/c1-6-28-25-43(28,40(53)47-58(54,55)42(44)17-18-42)46-38(51)35-22-30(26-49(35)39(52)32(41(2,3)4)23-37(50)48-19-11-8-12-20-48)57-36-24-33(27-13-9-7-10-14-27)45-34-21-29(56-5)15-16-31(34)36/h6-7,9-10,13-16,21,24,28,30,32,35H,1,8,11-12,17-20,22-23,25-26H2,2-5H3,(H,46,51)(H,47,53)/t28-,30-,32?,35+,43-/m1/s1. The number of methoxy groups -OCH3 is 1. The molecule has 0 bridgehead atoms.